The van der Waals surface area contributed by atoms with Gasteiger partial charge in [0.15, 0.2) is 0 Å². The topological polar surface area (TPSA) is 24.9 Å². The number of unbranched alkanes of at least 4 members (excludes halogenated alkanes) is 1. The summed E-state index contributed by atoms with van der Waals surface area (Å²) >= 11 is 2.01. The molecule has 0 radical (unpaired) electrons. The molecule has 0 amide bonds. The molecule has 1 N–H and O–H groups in total. The zero-order valence-electron chi connectivity index (χ0n) is 10.3. The maximum Gasteiger partial charge on any atom is 0.126 e. The van der Waals surface area contributed by atoms with Crippen molar-refractivity contribution in [1.29, 1.82) is 0 Å². The van der Waals surface area contributed by atoms with E-state index in [0.717, 1.165) is 24.5 Å². The number of aromatic nitrogens is 1. The third-order valence-electron chi connectivity index (χ3n) is 2.29. The summed E-state index contributed by atoms with van der Waals surface area (Å²) in [5, 5.41) is 3.32. The fourth-order valence-corrected chi connectivity index (χ4v) is 2.40. The van der Waals surface area contributed by atoms with E-state index >= 15 is 0 Å². The first-order valence-electron chi connectivity index (χ1n) is 6.13. The van der Waals surface area contributed by atoms with Gasteiger partial charge in [0, 0.05) is 18.5 Å². The Bertz CT molecular complexity index is 289. The van der Waals surface area contributed by atoms with Gasteiger partial charge in [-0.3, -0.25) is 0 Å². The summed E-state index contributed by atoms with van der Waals surface area (Å²) in [6.07, 6.45) is 5.63. The van der Waals surface area contributed by atoms with E-state index in [-0.39, 0.29) is 0 Å². The van der Waals surface area contributed by atoms with E-state index in [0.29, 0.717) is 0 Å². The van der Waals surface area contributed by atoms with Gasteiger partial charge in [-0.2, -0.15) is 11.8 Å². The van der Waals surface area contributed by atoms with Crippen molar-refractivity contribution in [2.45, 2.75) is 38.9 Å². The Hall–Kier alpha value is -0.700. The molecule has 0 aliphatic heterocycles. The predicted molar refractivity (Wildman–Crippen MR) is 74.1 cm³/mol. The van der Waals surface area contributed by atoms with Gasteiger partial charge in [0.2, 0.25) is 0 Å². The van der Waals surface area contributed by atoms with E-state index in [1.807, 2.05) is 18.0 Å². The normalized spacial score (nSPS) is 10.4. The molecule has 0 saturated carbocycles. The summed E-state index contributed by atoms with van der Waals surface area (Å²) in [4.78, 5) is 4.30. The molecule has 1 heterocycles. The number of anilines is 1. The SMILES string of the molecule is CCCCSCc1ccnc(NCCC)c1. The molecular weight excluding hydrogens is 216 g/mol. The molecule has 2 nitrogen and oxygen atoms in total. The van der Waals surface area contributed by atoms with Gasteiger partial charge in [-0.25, -0.2) is 4.98 Å². The van der Waals surface area contributed by atoms with Crippen molar-refractivity contribution >= 4 is 17.6 Å². The summed E-state index contributed by atoms with van der Waals surface area (Å²) in [5.74, 6) is 3.37. The van der Waals surface area contributed by atoms with Gasteiger partial charge in [-0.15, -0.1) is 0 Å². The number of rotatable bonds is 8. The molecule has 0 aliphatic rings. The van der Waals surface area contributed by atoms with Crippen molar-refractivity contribution in [3.8, 4) is 0 Å². The highest BCUT2D eigenvalue weighted by Gasteiger charge is 1.97. The van der Waals surface area contributed by atoms with Crippen molar-refractivity contribution in [3.63, 3.8) is 0 Å². The van der Waals surface area contributed by atoms with Crippen molar-refractivity contribution < 1.29 is 0 Å². The highest BCUT2D eigenvalue weighted by atomic mass is 32.2. The van der Waals surface area contributed by atoms with Crippen LogP contribution >= 0.6 is 11.8 Å². The van der Waals surface area contributed by atoms with Crippen molar-refractivity contribution in [2.75, 3.05) is 17.6 Å². The van der Waals surface area contributed by atoms with E-state index in [2.05, 4.69) is 36.3 Å². The molecule has 0 saturated heterocycles. The molecule has 1 aromatic rings. The quantitative estimate of drug-likeness (QED) is 0.694. The van der Waals surface area contributed by atoms with Gasteiger partial charge in [-0.05, 0) is 36.3 Å². The van der Waals surface area contributed by atoms with Crippen LogP contribution in [0.4, 0.5) is 5.82 Å². The maximum atomic E-state index is 4.30. The van der Waals surface area contributed by atoms with E-state index in [1.54, 1.807) is 0 Å². The molecule has 0 bridgehead atoms. The Morgan fingerprint density at radius 2 is 2.19 bits per heavy atom. The molecule has 1 rings (SSSR count). The Labute approximate surface area is 103 Å². The van der Waals surface area contributed by atoms with Crippen LogP contribution in [0.25, 0.3) is 0 Å². The summed E-state index contributed by atoms with van der Waals surface area (Å²) in [6, 6.07) is 4.27. The highest BCUT2D eigenvalue weighted by molar-refractivity contribution is 7.98. The molecule has 90 valence electrons. The molecule has 0 unspecified atom stereocenters. The fourth-order valence-electron chi connectivity index (χ4n) is 1.35. The maximum absolute atomic E-state index is 4.30. The molecule has 1 aromatic heterocycles. The van der Waals surface area contributed by atoms with Crippen LogP contribution in [0, 0.1) is 0 Å². The molecule has 0 atom stereocenters. The number of hydrogen-bond acceptors (Lipinski definition) is 3. The highest BCUT2D eigenvalue weighted by Crippen LogP contribution is 2.15. The summed E-state index contributed by atoms with van der Waals surface area (Å²) < 4.78 is 0. The first-order chi connectivity index (χ1) is 7.86. The second-order valence-corrected chi connectivity index (χ2v) is 4.99. The smallest absolute Gasteiger partial charge is 0.126 e. The lowest BCUT2D eigenvalue weighted by Gasteiger charge is -2.06. The van der Waals surface area contributed by atoms with Crippen LogP contribution in [0.15, 0.2) is 18.3 Å². The van der Waals surface area contributed by atoms with E-state index in [1.165, 1.54) is 24.2 Å². The lowest BCUT2D eigenvalue weighted by Crippen LogP contribution is -2.01. The second kappa shape index (κ2) is 8.45. The van der Waals surface area contributed by atoms with Crippen LogP contribution in [0.2, 0.25) is 0 Å². The number of pyridine rings is 1. The van der Waals surface area contributed by atoms with Gasteiger partial charge in [-0.1, -0.05) is 20.3 Å². The molecule has 0 aromatic carbocycles. The first kappa shape index (κ1) is 13.4. The number of hydrogen-bond donors (Lipinski definition) is 1. The molecular formula is C13H22N2S. The number of nitrogens with zero attached hydrogens (tertiary/aromatic N) is 1. The van der Waals surface area contributed by atoms with Crippen LogP contribution in [0.1, 0.15) is 38.7 Å². The lowest BCUT2D eigenvalue weighted by atomic mass is 10.3. The molecule has 0 aliphatic carbocycles. The van der Waals surface area contributed by atoms with Crippen LogP contribution in [-0.4, -0.2) is 17.3 Å². The Kier molecular flexibility index (Phi) is 7.06. The Morgan fingerprint density at radius 3 is 2.94 bits per heavy atom. The van der Waals surface area contributed by atoms with E-state index in [9.17, 15) is 0 Å². The lowest BCUT2D eigenvalue weighted by molar-refractivity contribution is 0.896. The van der Waals surface area contributed by atoms with Crippen LogP contribution in [-0.2, 0) is 5.75 Å². The average Bonchev–Trinajstić information content (AvgIpc) is 2.33. The zero-order valence-corrected chi connectivity index (χ0v) is 11.1. The largest absolute Gasteiger partial charge is 0.370 e. The van der Waals surface area contributed by atoms with Gasteiger partial charge in [0.25, 0.3) is 0 Å². The minimum atomic E-state index is 0.999. The average molecular weight is 238 g/mol. The summed E-state index contributed by atoms with van der Waals surface area (Å²) in [6.45, 7) is 5.40. The minimum Gasteiger partial charge on any atom is -0.370 e. The molecule has 0 spiro atoms. The van der Waals surface area contributed by atoms with Crippen molar-refractivity contribution in [1.82, 2.24) is 4.98 Å². The first-order valence-corrected chi connectivity index (χ1v) is 7.28. The third-order valence-corrected chi connectivity index (χ3v) is 3.41. The van der Waals surface area contributed by atoms with Crippen molar-refractivity contribution in [2.24, 2.45) is 0 Å². The fraction of sp³-hybridized carbons (Fsp3) is 0.615. The Balaban J connectivity index is 2.35. The summed E-state index contributed by atoms with van der Waals surface area (Å²) in [7, 11) is 0. The molecule has 0 fully saturated rings. The zero-order chi connectivity index (χ0) is 11.6. The van der Waals surface area contributed by atoms with Crippen LogP contribution in [0.5, 0.6) is 0 Å². The number of thioether (sulfide) groups is 1. The van der Waals surface area contributed by atoms with E-state index < -0.39 is 0 Å². The van der Waals surface area contributed by atoms with Crippen molar-refractivity contribution in [3.05, 3.63) is 23.9 Å². The van der Waals surface area contributed by atoms with Gasteiger partial charge in [0.05, 0.1) is 0 Å². The molecule has 3 heteroatoms. The van der Waals surface area contributed by atoms with Gasteiger partial charge >= 0.3 is 0 Å². The monoisotopic (exact) mass is 238 g/mol. The van der Waals surface area contributed by atoms with Crippen LogP contribution in [0.3, 0.4) is 0 Å². The van der Waals surface area contributed by atoms with Crippen LogP contribution < -0.4 is 5.32 Å². The third kappa shape index (κ3) is 5.40. The minimum absolute atomic E-state index is 0.999. The predicted octanol–water partition coefficient (Wildman–Crippen LogP) is 3.94. The molecule has 16 heavy (non-hydrogen) atoms. The van der Waals surface area contributed by atoms with Gasteiger partial charge < -0.3 is 5.32 Å². The van der Waals surface area contributed by atoms with Gasteiger partial charge in [0.1, 0.15) is 5.82 Å². The number of nitrogens with one attached hydrogen (secondary N) is 1. The standard InChI is InChI=1S/C13H22N2S/c1-3-5-9-16-11-12-6-8-15-13(10-12)14-7-4-2/h6,8,10H,3-5,7,9,11H2,1-2H3,(H,14,15). The second-order valence-electron chi connectivity index (χ2n) is 3.88. The van der Waals surface area contributed by atoms with E-state index in [4.69, 9.17) is 0 Å². The Morgan fingerprint density at radius 1 is 1.31 bits per heavy atom. The summed E-state index contributed by atoms with van der Waals surface area (Å²) in [5.41, 5.74) is 1.37.